The van der Waals surface area contributed by atoms with Gasteiger partial charge in [0.15, 0.2) is 6.80 Å². The van der Waals surface area contributed by atoms with Crippen LogP contribution in [0.4, 0.5) is 45.5 Å². The summed E-state index contributed by atoms with van der Waals surface area (Å²) >= 11 is 0. The normalized spacial score (nSPS) is 15.5. The number of nitrogens with one attached hydrogen (secondary N) is 1. The summed E-state index contributed by atoms with van der Waals surface area (Å²) in [5.74, 6) is 0.414. The lowest BCUT2D eigenvalue weighted by atomic mass is 9.95. The number of pyridine rings is 4. The average Bonchev–Trinajstić information content (AvgIpc) is 3.84. The van der Waals surface area contributed by atoms with Gasteiger partial charge in [0.1, 0.15) is 23.3 Å². The number of nitrogens with two attached hydrogens (primary N) is 1. The lowest BCUT2D eigenvalue weighted by Crippen LogP contribution is -2.35. The number of anilines is 4. The first kappa shape index (κ1) is 37.6. The maximum atomic E-state index is 14.7. The van der Waals surface area contributed by atoms with Crippen molar-refractivity contribution in [2.24, 2.45) is 0 Å². The monoisotopic (exact) mass is 786 g/mol. The van der Waals surface area contributed by atoms with E-state index < -0.39 is 25.2 Å². The fraction of sp³-hybridized carbons (Fsp3) is 0.368. The molecular weight excluding hydrogens is 748 g/mol. The van der Waals surface area contributed by atoms with Crippen LogP contribution in [0.15, 0.2) is 60.9 Å². The van der Waals surface area contributed by atoms with Crippen molar-refractivity contribution in [3.05, 3.63) is 95.9 Å². The summed E-state index contributed by atoms with van der Waals surface area (Å²) in [6.07, 6.45) is 5.21. The van der Waals surface area contributed by atoms with Gasteiger partial charge < -0.3 is 20.9 Å². The molecule has 0 spiro atoms. The lowest BCUT2D eigenvalue weighted by Gasteiger charge is -2.34. The van der Waals surface area contributed by atoms with Crippen molar-refractivity contribution in [3.8, 4) is 22.3 Å². The highest BCUT2D eigenvalue weighted by Crippen LogP contribution is 2.38. The second kappa shape index (κ2) is 16.1. The molecule has 0 bridgehead atoms. The fourth-order valence-electron chi connectivity index (χ4n) is 7.65. The van der Waals surface area contributed by atoms with E-state index in [9.17, 15) is 22.0 Å². The molecule has 0 radical (unpaired) electrons. The first-order valence-electron chi connectivity index (χ1n) is 18.6. The van der Waals surface area contributed by atoms with Crippen molar-refractivity contribution >= 4 is 23.5 Å². The largest absolute Gasteiger partial charge is 0.368 e. The number of alkyl halides is 3. The van der Waals surface area contributed by atoms with Crippen LogP contribution >= 0.6 is 0 Å². The molecule has 6 aromatic heterocycles. The Morgan fingerprint density at radius 1 is 0.719 bits per heavy atom. The first-order valence-corrected chi connectivity index (χ1v) is 18.6. The Morgan fingerprint density at radius 3 is 1.84 bits per heavy atom. The van der Waals surface area contributed by atoms with Crippen molar-refractivity contribution in [3.63, 3.8) is 0 Å². The Labute approximate surface area is 324 Å². The summed E-state index contributed by atoms with van der Waals surface area (Å²) in [5, 5.41) is 19.4. The molecule has 8 heterocycles. The Kier molecular flexibility index (Phi) is 10.6. The van der Waals surface area contributed by atoms with Gasteiger partial charge in [-0.05, 0) is 81.1 Å². The number of hydrogen-bond acceptors (Lipinski definition) is 12. The topological polar surface area (TPSA) is 158 Å². The molecular formula is C38H39F5N14. The molecule has 2 saturated heterocycles. The van der Waals surface area contributed by atoms with E-state index >= 15 is 0 Å². The minimum atomic E-state index is -2.90. The molecule has 0 unspecified atom stereocenters. The van der Waals surface area contributed by atoms with Crippen LogP contribution in [0.3, 0.4) is 0 Å². The van der Waals surface area contributed by atoms with E-state index in [0.29, 0.717) is 80.3 Å². The molecule has 2 aliphatic heterocycles. The Bertz CT molecular complexity index is 2320. The third kappa shape index (κ3) is 7.77. The predicted octanol–water partition coefficient (Wildman–Crippen LogP) is 6.65. The van der Waals surface area contributed by atoms with Crippen molar-refractivity contribution in [1.82, 2.24) is 49.5 Å². The predicted molar refractivity (Wildman–Crippen MR) is 202 cm³/mol. The summed E-state index contributed by atoms with van der Waals surface area (Å²) in [4.78, 5) is 21.5. The summed E-state index contributed by atoms with van der Waals surface area (Å²) in [7, 11) is 0. The number of aromatic nitrogens is 10. The van der Waals surface area contributed by atoms with Gasteiger partial charge >= 0.3 is 6.55 Å². The zero-order chi connectivity index (χ0) is 39.6. The van der Waals surface area contributed by atoms with Crippen LogP contribution in [0, 0.1) is 18.8 Å². The molecule has 2 fully saturated rings. The van der Waals surface area contributed by atoms with Gasteiger partial charge in [0.25, 0.3) is 0 Å². The number of hydrogen-bond donors (Lipinski definition) is 2. The highest BCUT2D eigenvalue weighted by atomic mass is 19.3. The molecule has 296 valence electrons. The molecule has 6 aromatic rings. The zero-order valence-corrected chi connectivity index (χ0v) is 30.9. The number of piperidine rings is 2. The molecule has 14 nitrogen and oxygen atoms in total. The van der Waals surface area contributed by atoms with Gasteiger partial charge in [0, 0.05) is 78.4 Å². The van der Waals surface area contributed by atoms with Gasteiger partial charge in [0.2, 0.25) is 23.8 Å². The Balaban J connectivity index is 0.984. The maximum absolute atomic E-state index is 14.7. The van der Waals surface area contributed by atoms with Gasteiger partial charge in [-0.3, -0.25) is 4.57 Å². The SMILES string of the molecule is Cc1ccc(-c2ccc(F)nc2)c(N2CCC(c3nnc(NCc4ccc(-c5ccc(F)nc5)c(N5CCC(c6nnc(N)n6CF)CC5)n4)n3C(F)F)CC2)n1. The molecule has 57 heavy (non-hydrogen) atoms. The summed E-state index contributed by atoms with van der Waals surface area (Å²) < 4.78 is 72.6. The molecule has 0 atom stereocenters. The van der Waals surface area contributed by atoms with Crippen molar-refractivity contribution in [2.45, 2.75) is 64.3 Å². The average molecular weight is 787 g/mol. The minimum absolute atomic E-state index is 0.0231. The molecule has 0 saturated carbocycles. The summed E-state index contributed by atoms with van der Waals surface area (Å²) in [6, 6.07) is 13.3. The summed E-state index contributed by atoms with van der Waals surface area (Å²) in [5.41, 5.74) is 10.1. The smallest absolute Gasteiger partial charge is 0.322 e. The molecule has 8 rings (SSSR count). The molecule has 0 aliphatic carbocycles. The Hall–Kier alpha value is -6.27. The van der Waals surface area contributed by atoms with E-state index in [1.165, 1.54) is 29.1 Å². The molecule has 3 N–H and O–H groups in total. The van der Waals surface area contributed by atoms with Crippen molar-refractivity contribution in [2.75, 3.05) is 47.0 Å². The molecule has 19 heteroatoms. The van der Waals surface area contributed by atoms with Crippen LogP contribution in [0.5, 0.6) is 0 Å². The second-order valence-electron chi connectivity index (χ2n) is 14.1. The third-order valence-electron chi connectivity index (χ3n) is 10.6. The van der Waals surface area contributed by atoms with Gasteiger partial charge in [-0.2, -0.15) is 17.6 Å². The zero-order valence-electron chi connectivity index (χ0n) is 30.9. The summed E-state index contributed by atoms with van der Waals surface area (Å²) in [6.45, 7) is 0.387. The fourth-order valence-corrected chi connectivity index (χ4v) is 7.65. The number of nitrogen functional groups attached to an aromatic ring is 1. The van der Waals surface area contributed by atoms with Crippen LogP contribution in [-0.2, 0) is 13.3 Å². The first-order chi connectivity index (χ1) is 27.7. The molecule has 0 amide bonds. The lowest BCUT2D eigenvalue weighted by molar-refractivity contribution is 0.0670. The van der Waals surface area contributed by atoms with Gasteiger partial charge in [0.05, 0.1) is 12.2 Å². The van der Waals surface area contributed by atoms with Crippen LogP contribution in [0.25, 0.3) is 22.3 Å². The van der Waals surface area contributed by atoms with E-state index in [2.05, 4.69) is 45.5 Å². The maximum Gasteiger partial charge on any atom is 0.322 e. The van der Waals surface area contributed by atoms with Crippen LogP contribution in [0.2, 0.25) is 0 Å². The van der Waals surface area contributed by atoms with Crippen LogP contribution in [-0.4, -0.2) is 75.6 Å². The quantitative estimate of drug-likeness (QED) is 0.107. The van der Waals surface area contributed by atoms with E-state index in [1.54, 1.807) is 18.2 Å². The minimum Gasteiger partial charge on any atom is -0.368 e. The third-order valence-corrected chi connectivity index (χ3v) is 10.6. The number of halogens is 5. The highest BCUT2D eigenvalue weighted by molar-refractivity contribution is 5.76. The van der Waals surface area contributed by atoms with Crippen LogP contribution in [0.1, 0.15) is 67.1 Å². The van der Waals surface area contributed by atoms with Gasteiger partial charge in [-0.15, -0.1) is 20.4 Å². The van der Waals surface area contributed by atoms with E-state index in [0.717, 1.165) is 27.2 Å². The van der Waals surface area contributed by atoms with E-state index in [1.807, 2.05) is 25.1 Å². The van der Waals surface area contributed by atoms with Crippen molar-refractivity contribution < 1.29 is 22.0 Å². The van der Waals surface area contributed by atoms with Gasteiger partial charge in [-0.25, -0.2) is 28.9 Å². The van der Waals surface area contributed by atoms with Gasteiger partial charge in [-0.1, -0.05) is 0 Å². The standard InChI is InChI=1S/C38H39F5N14/c1-22-2-6-28(25-3-8-30(40)45-18-25)34(48-22)54-16-12-24(13-17-54)33-51-53-38(57(33)36(42)43)47-20-27-5-7-29(26-4-9-31(41)46-19-26)35(49-27)55-14-10-23(11-15-55)32-50-52-37(44)56(32)21-39/h2-9,18-19,23-24,36H,10-17,20-21H2,1H3,(H2,44,52)(H,47,53). The molecule has 2 aliphatic rings. The van der Waals surface area contributed by atoms with E-state index in [4.69, 9.17) is 15.7 Å². The number of nitrogens with zero attached hydrogens (tertiary/aromatic N) is 12. The van der Waals surface area contributed by atoms with Crippen LogP contribution < -0.4 is 20.9 Å². The molecule has 0 aromatic carbocycles. The van der Waals surface area contributed by atoms with Crippen molar-refractivity contribution in [1.29, 1.82) is 0 Å². The number of aryl methyl sites for hydroxylation is 1. The second-order valence-corrected chi connectivity index (χ2v) is 14.1. The Morgan fingerprint density at radius 2 is 1.28 bits per heavy atom. The highest BCUT2D eigenvalue weighted by Gasteiger charge is 2.31. The number of rotatable bonds is 11. The van der Waals surface area contributed by atoms with E-state index in [-0.39, 0.29) is 36.1 Å².